The molecule has 2 aliphatic rings. The normalized spacial score (nSPS) is 23.7. The molecule has 0 spiro atoms. The number of nitrogens with one attached hydrogen (secondary N) is 1. The van der Waals surface area contributed by atoms with E-state index in [9.17, 15) is 14.0 Å². The number of rotatable bonds is 3. The number of piperidine rings is 1. The highest BCUT2D eigenvalue weighted by atomic mass is 19.1. The average Bonchev–Trinajstić information content (AvgIpc) is 3.34. The summed E-state index contributed by atoms with van der Waals surface area (Å²) in [5.41, 5.74) is 1.07. The van der Waals surface area contributed by atoms with Crippen molar-refractivity contribution in [2.45, 2.75) is 31.2 Å². The number of nitrogens with zero attached hydrogens (tertiary/aromatic N) is 2. The van der Waals surface area contributed by atoms with Crippen molar-refractivity contribution in [1.29, 1.82) is 0 Å². The molecule has 1 aromatic carbocycles. The molecule has 0 unspecified atom stereocenters. The minimum atomic E-state index is -0.241. The maximum Gasteiger partial charge on any atom is 0.317 e. The van der Waals surface area contributed by atoms with Crippen LogP contribution in [0, 0.1) is 11.7 Å². The number of amides is 3. The van der Waals surface area contributed by atoms with Crippen LogP contribution in [0.1, 0.15) is 30.7 Å². The first-order chi connectivity index (χ1) is 11.5. The Balaban J connectivity index is 1.46. The molecule has 1 heterocycles. The first kappa shape index (κ1) is 16.7. The SMILES string of the molecule is CN(C)C(=O)C1CCN(C(=O)N[C@H]2C[C@H]2c2ccc(F)cc2)CC1. The summed E-state index contributed by atoms with van der Waals surface area (Å²) in [4.78, 5) is 27.7. The number of benzene rings is 1. The molecule has 3 amide bonds. The van der Waals surface area contributed by atoms with Gasteiger partial charge in [0.25, 0.3) is 0 Å². The van der Waals surface area contributed by atoms with Gasteiger partial charge in [0.15, 0.2) is 0 Å². The van der Waals surface area contributed by atoms with Crippen LogP contribution < -0.4 is 5.32 Å². The molecule has 0 bridgehead atoms. The molecule has 24 heavy (non-hydrogen) atoms. The Morgan fingerprint density at radius 3 is 2.38 bits per heavy atom. The van der Waals surface area contributed by atoms with E-state index < -0.39 is 0 Å². The van der Waals surface area contributed by atoms with Gasteiger partial charge in [-0.15, -0.1) is 0 Å². The van der Waals surface area contributed by atoms with Gasteiger partial charge in [-0.3, -0.25) is 4.79 Å². The highest BCUT2D eigenvalue weighted by Crippen LogP contribution is 2.40. The number of carbonyl (C=O) groups excluding carboxylic acids is 2. The van der Waals surface area contributed by atoms with E-state index in [4.69, 9.17) is 0 Å². The van der Waals surface area contributed by atoms with Crippen molar-refractivity contribution in [2.75, 3.05) is 27.2 Å². The molecule has 0 radical (unpaired) electrons. The van der Waals surface area contributed by atoms with E-state index >= 15 is 0 Å². The lowest BCUT2D eigenvalue weighted by Crippen LogP contribution is -2.47. The van der Waals surface area contributed by atoms with Gasteiger partial charge in [0.05, 0.1) is 0 Å². The van der Waals surface area contributed by atoms with Gasteiger partial charge >= 0.3 is 6.03 Å². The van der Waals surface area contributed by atoms with Gasteiger partial charge in [0.1, 0.15) is 5.82 Å². The Kier molecular flexibility index (Phi) is 4.73. The molecule has 1 aliphatic heterocycles. The largest absolute Gasteiger partial charge is 0.349 e. The highest BCUT2D eigenvalue weighted by molar-refractivity contribution is 5.79. The Labute approximate surface area is 141 Å². The molecule has 2 fully saturated rings. The molecule has 0 aromatic heterocycles. The fourth-order valence-electron chi connectivity index (χ4n) is 3.38. The molecule has 1 aliphatic carbocycles. The van der Waals surface area contributed by atoms with Crippen LogP contribution in [0.3, 0.4) is 0 Å². The van der Waals surface area contributed by atoms with Gasteiger partial charge in [-0.2, -0.15) is 0 Å². The van der Waals surface area contributed by atoms with Crippen molar-refractivity contribution < 1.29 is 14.0 Å². The van der Waals surface area contributed by atoms with Crippen molar-refractivity contribution in [3.63, 3.8) is 0 Å². The fraction of sp³-hybridized carbons (Fsp3) is 0.556. The third-order valence-corrected chi connectivity index (χ3v) is 4.97. The minimum absolute atomic E-state index is 0.0249. The van der Waals surface area contributed by atoms with Crippen LogP contribution >= 0.6 is 0 Å². The molecule has 1 saturated heterocycles. The van der Waals surface area contributed by atoms with Crippen molar-refractivity contribution in [3.05, 3.63) is 35.6 Å². The monoisotopic (exact) mass is 333 g/mol. The molecular weight excluding hydrogens is 309 g/mol. The zero-order valence-corrected chi connectivity index (χ0v) is 14.2. The zero-order chi connectivity index (χ0) is 17.3. The summed E-state index contributed by atoms with van der Waals surface area (Å²) in [5, 5.41) is 3.05. The number of carbonyl (C=O) groups is 2. The van der Waals surface area contributed by atoms with Gasteiger partial charge in [-0.05, 0) is 37.0 Å². The molecule has 1 saturated carbocycles. The first-order valence-electron chi connectivity index (χ1n) is 8.48. The van der Waals surface area contributed by atoms with E-state index in [2.05, 4.69) is 5.32 Å². The standard InChI is InChI=1S/C18H24FN3O2/c1-21(2)17(23)13-7-9-22(10-8-13)18(24)20-16-11-15(16)12-3-5-14(19)6-4-12/h3-6,13,15-16H,7-11H2,1-2H3,(H,20,24)/t15-,16-/m0/s1. The summed E-state index contributed by atoms with van der Waals surface area (Å²) in [6.07, 6.45) is 2.33. The summed E-state index contributed by atoms with van der Waals surface area (Å²) in [5.74, 6) is 0.211. The first-order valence-corrected chi connectivity index (χ1v) is 8.48. The lowest BCUT2D eigenvalue weighted by atomic mass is 9.96. The summed E-state index contributed by atoms with van der Waals surface area (Å²) >= 11 is 0. The van der Waals surface area contributed by atoms with Gasteiger partial charge in [0, 0.05) is 45.1 Å². The maximum absolute atomic E-state index is 13.0. The molecule has 1 aromatic rings. The van der Waals surface area contributed by atoms with Crippen LogP contribution in [0.2, 0.25) is 0 Å². The summed E-state index contributed by atoms with van der Waals surface area (Å²) in [6, 6.07) is 6.55. The van der Waals surface area contributed by atoms with Crippen molar-refractivity contribution >= 4 is 11.9 Å². The number of hydrogen-bond donors (Lipinski definition) is 1. The van der Waals surface area contributed by atoms with Gasteiger partial charge in [-0.1, -0.05) is 12.1 Å². The van der Waals surface area contributed by atoms with Gasteiger partial charge < -0.3 is 15.1 Å². The average molecular weight is 333 g/mol. The second-order valence-electron chi connectivity index (χ2n) is 6.94. The van der Waals surface area contributed by atoms with E-state index in [-0.39, 0.29) is 35.6 Å². The van der Waals surface area contributed by atoms with Crippen molar-refractivity contribution in [2.24, 2.45) is 5.92 Å². The van der Waals surface area contributed by atoms with Crippen LogP contribution in [-0.4, -0.2) is 55.0 Å². The molecule has 2 atom stereocenters. The maximum atomic E-state index is 13.0. The van der Waals surface area contributed by atoms with Crippen LogP contribution in [0.25, 0.3) is 0 Å². The van der Waals surface area contributed by atoms with Crippen LogP contribution in [0.4, 0.5) is 9.18 Å². The fourth-order valence-corrected chi connectivity index (χ4v) is 3.38. The van der Waals surface area contributed by atoms with E-state index in [1.165, 1.54) is 12.1 Å². The molecule has 130 valence electrons. The molecule has 1 N–H and O–H groups in total. The summed E-state index contributed by atoms with van der Waals surface area (Å²) in [7, 11) is 3.54. The quantitative estimate of drug-likeness (QED) is 0.922. The lowest BCUT2D eigenvalue weighted by Gasteiger charge is -2.32. The molecule has 5 nitrogen and oxygen atoms in total. The van der Waals surface area contributed by atoms with Gasteiger partial charge in [0.2, 0.25) is 5.91 Å². The second kappa shape index (κ2) is 6.79. The second-order valence-corrected chi connectivity index (χ2v) is 6.94. The number of hydrogen-bond acceptors (Lipinski definition) is 2. The number of likely N-dealkylation sites (tertiary alicyclic amines) is 1. The predicted molar refractivity (Wildman–Crippen MR) is 89.1 cm³/mol. The molecule has 3 rings (SSSR count). The zero-order valence-electron chi connectivity index (χ0n) is 14.2. The molecular formula is C18H24FN3O2. The third-order valence-electron chi connectivity index (χ3n) is 4.97. The van der Waals surface area contributed by atoms with E-state index in [1.54, 1.807) is 36.0 Å². The predicted octanol–water partition coefficient (Wildman–Crippen LogP) is 2.19. The molecule has 6 heteroatoms. The Bertz CT molecular complexity index is 609. The number of urea groups is 1. The number of halogens is 1. The third kappa shape index (κ3) is 3.68. The van der Waals surface area contributed by atoms with Crippen LogP contribution in [0.15, 0.2) is 24.3 Å². The van der Waals surface area contributed by atoms with Crippen molar-refractivity contribution in [3.8, 4) is 0 Å². The van der Waals surface area contributed by atoms with E-state index in [0.717, 1.165) is 24.8 Å². The van der Waals surface area contributed by atoms with E-state index in [0.29, 0.717) is 13.1 Å². The van der Waals surface area contributed by atoms with Crippen LogP contribution in [0.5, 0.6) is 0 Å². The summed E-state index contributed by atoms with van der Waals surface area (Å²) in [6.45, 7) is 1.23. The topological polar surface area (TPSA) is 52.7 Å². The smallest absolute Gasteiger partial charge is 0.317 e. The highest BCUT2D eigenvalue weighted by Gasteiger charge is 2.40. The van der Waals surface area contributed by atoms with Gasteiger partial charge in [-0.25, -0.2) is 9.18 Å². The Morgan fingerprint density at radius 2 is 1.79 bits per heavy atom. The lowest BCUT2D eigenvalue weighted by molar-refractivity contribution is -0.134. The van der Waals surface area contributed by atoms with Crippen molar-refractivity contribution in [1.82, 2.24) is 15.1 Å². The Hall–Kier alpha value is -2.11. The van der Waals surface area contributed by atoms with Crippen LogP contribution in [-0.2, 0) is 4.79 Å². The minimum Gasteiger partial charge on any atom is -0.349 e. The Morgan fingerprint density at radius 1 is 1.17 bits per heavy atom. The summed E-state index contributed by atoms with van der Waals surface area (Å²) < 4.78 is 13.0. The van der Waals surface area contributed by atoms with E-state index in [1.807, 2.05) is 0 Å².